The van der Waals surface area contributed by atoms with Gasteiger partial charge in [0.25, 0.3) is 0 Å². The maximum atomic E-state index is 12.2. The molecule has 1 amide bonds. The number of alkyl carbamates (subject to hydrolysis) is 1. The SMILES string of the molecule is COC(=O)[C@H](Cc1ccc2nc(-c3c(C)cccc3C)ccc2c1)NC(=O)OC(C)(C)C. The molecular formula is C26H30N2O4. The average molecular weight is 435 g/mol. The Morgan fingerprint density at radius 1 is 1.03 bits per heavy atom. The van der Waals surface area contributed by atoms with Gasteiger partial charge in [-0.2, -0.15) is 0 Å². The van der Waals surface area contributed by atoms with Crippen molar-refractivity contribution < 1.29 is 19.1 Å². The maximum absolute atomic E-state index is 12.2. The van der Waals surface area contributed by atoms with Crippen LogP contribution in [0.3, 0.4) is 0 Å². The average Bonchev–Trinajstić information content (AvgIpc) is 2.71. The summed E-state index contributed by atoms with van der Waals surface area (Å²) < 4.78 is 10.1. The Morgan fingerprint density at radius 3 is 2.34 bits per heavy atom. The number of hydrogen-bond donors (Lipinski definition) is 1. The molecule has 6 heteroatoms. The number of rotatable bonds is 5. The van der Waals surface area contributed by atoms with E-state index in [9.17, 15) is 9.59 Å². The molecule has 6 nitrogen and oxygen atoms in total. The number of hydrogen-bond acceptors (Lipinski definition) is 5. The topological polar surface area (TPSA) is 77.5 Å². The number of carbonyl (C=O) groups is 2. The number of aryl methyl sites for hydroxylation is 2. The molecule has 1 N–H and O–H groups in total. The smallest absolute Gasteiger partial charge is 0.408 e. The van der Waals surface area contributed by atoms with Gasteiger partial charge in [0.1, 0.15) is 11.6 Å². The van der Waals surface area contributed by atoms with E-state index < -0.39 is 23.7 Å². The van der Waals surface area contributed by atoms with Crippen LogP contribution in [0.5, 0.6) is 0 Å². The molecule has 0 fully saturated rings. The highest BCUT2D eigenvalue weighted by atomic mass is 16.6. The van der Waals surface area contributed by atoms with Gasteiger partial charge >= 0.3 is 12.1 Å². The molecule has 1 aromatic heterocycles. The molecule has 1 atom stereocenters. The molecule has 168 valence electrons. The normalized spacial score (nSPS) is 12.3. The molecular weight excluding hydrogens is 404 g/mol. The van der Waals surface area contributed by atoms with Gasteiger partial charge < -0.3 is 14.8 Å². The predicted octanol–water partition coefficient (Wildman–Crippen LogP) is 5.13. The van der Waals surface area contributed by atoms with Gasteiger partial charge in [-0.05, 0) is 69.5 Å². The molecule has 1 heterocycles. The molecule has 2 aromatic carbocycles. The van der Waals surface area contributed by atoms with E-state index in [4.69, 9.17) is 14.5 Å². The first-order valence-electron chi connectivity index (χ1n) is 10.6. The Morgan fingerprint density at radius 2 is 1.72 bits per heavy atom. The van der Waals surface area contributed by atoms with E-state index in [1.54, 1.807) is 20.8 Å². The van der Waals surface area contributed by atoms with Crippen LogP contribution >= 0.6 is 0 Å². The van der Waals surface area contributed by atoms with E-state index in [0.717, 1.165) is 27.7 Å². The Hall–Kier alpha value is -3.41. The second-order valence-corrected chi connectivity index (χ2v) is 8.92. The lowest BCUT2D eigenvalue weighted by Gasteiger charge is -2.22. The summed E-state index contributed by atoms with van der Waals surface area (Å²) in [7, 11) is 1.30. The quantitative estimate of drug-likeness (QED) is 0.564. The fourth-order valence-electron chi connectivity index (χ4n) is 3.68. The lowest BCUT2D eigenvalue weighted by Crippen LogP contribution is -2.45. The third-order valence-corrected chi connectivity index (χ3v) is 5.11. The fourth-order valence-corrected chi connectivity index (χ4v) is 3.68. The van der Waals surface area contributed by atoms with Gasteiger partial charge in [-0.1, -0.05) is 30.3 Å². The van der Waals surface area contributed by atoms with Gasteiger partial charge in [-0.3, -0.25) is 0 Å². The summed E-state index contributed by atoms with van der Waals surface area (Å²) in [4.78, 5) is 29.3. The molecule has 0 aliphatic carbocycles. The molecule has 3 aromatic rings. The summed E-state index contributed by atoms with van der Waals surface area (Å²) in [6.45, 7) is 9.47. The first kappa shape index (κ1) is 23.3. The largest absolute Gasteiger partial charge is 0.467 e. The number of aromatic nitrogens is 1. The molecule has 0 unspecified atom stereocenters. The van der Waals surface area contributed by atoms with Gasteiger partial charge in [0.2, 0.25) is 0 Å². The standard InChI is InChI=1S/C26H30N2O4/c1-16-8-7-9-17(2)23(16)21-13-11-19-14-18(10-12-20(19)27-21)15-22(24(29)31-6)28-25(30)32-26(3,4)5/h7-14,22H,15H2,1-6H3,(H,28,30)/t22-/m0/s1. The minimum atomic E-state index is -0.853. The van der Waals surface area contributed by atoms with Crippen molar-refractivity contribution in [3.63, 3.8) is 0 Å². The minimum absolute atomic E-state index is 0.278. The number of pyridine rings is 1. The highest BCUT2D eigenvalue weighted by molar-refractivity contribution is 5.84. The third kappa shape index (κ3) is 5.63. The summed E-state index contributed by atoms with van der Waals surface area (Å²) in [5.74, 6) is -0.528. The van der Waals surface area contributed by atoms with Crippen LogP contribution in [0.25, 0.3) is 22.2 Å². The van der Waals surface area contributed by atoms with Crippen molar-refractivity contribution in [3.05, 3.63) is 65.2 Å². The Kier molecular flexibility index (Phi) is 6.82. The van der Waals surface area contributed by atoms with Crippen molar-refractivity contribution in [3.8, 4) is 11.3 Å². The number of nitrogens with zero attached hydrogens (tertiary/aromatic N) is 1. The van der Waals surface area contributed by atoms with Gasteiger partial charge in [0.05, 0.1) is 18.3 Å². The van der Waals surface area contributed by atoms with Crippen LogP contribution in [-0.2, 0) is 20.7 Å². The zero-order valence-electron chi connectivity index (χ0n) is 19.5. The summed E-state index contributed by atoms with van der Waals surface area (Å²) in [5.41, 5.74) is 5.53. The molecule has 0 saturated heterocycles. The van der Waals surface area contributed by atoms with Gasteiger partial charge in [-0.25, -0.2) is 14.6 Å². The van der Waals surface area contributed by atoms with Crippen molar-refractivity contribution in [1.29, 1.82) is 0 Å². The number of benzene rings is 2. The van der Waals surface area contributed by atoms with Crippen LogP contribution in [-0.4, -0.2) is 35.8 Å². The molecule has 0 saturated carbocycles. The molecule has 3 rings (SSSR count). The number of fused-ring (bicyclic) bond motifs is 1. The second-order valence-electron chi connectivity index (χ2n) is 8.92. The molecule has 0 radical (unpaired) electrons. The van der Waals surface area contributed by atoms with Crippen LogP contribution in [0.1, 0.15) is 37.5 Å². The van der Waals surface area contributed by atoms with Crippen LogP contribution in [0.15, 0.2) is 48.5 Å². The number of ether oxygens (including phenoxy) is 2. The first-order chi connectivity index (χ1) is 15.1. The summed E-state index contributed by atoms with van der Waals surface area (Å²) in [6.07, 6.45) is -0.380. The molecule has 32 heavy (non-hydrogen) atoms. The van der Waals surface area contributed by atoms with Crippen molar-refractivity contribution >= 4 is 23.0 Å². The van der Waals surface area contributed by atoms with E-state index in [2.05, 4.69) is 31.3 Å². The summed E-state index contributed by atoms with van der Waals surface area (Å²) in [6, 6.07) is 15.2. The predicted molar refractivity (Wildman–Crippen MR) is 126 cm³/mol. The van der Waals surface area contributed by atoms with Crippen LogP contribution in [0, 0.1) is 13.8 Å². The third-order valence-electron chi connectivity index (χ3n) is 5.11. The molecule has 0 spiro atoms. The number of esters is 1. The first-order valence-corrected chi connectivity index (χ1v) is 10.6. The van der Waals surface area contributed by atoms with Crippen molar-refractivity contribution in [2.24, 2.45) is 0 Å². The van der Waals surface area contributed by atoms with Crippen molar-refractivity contribution in [2.75, 3.05) is 7.11 Å². The van der Waals surface area contributed by atoms with E-state index in [-0.39, 0.29) is 6.42 Å². The minimum Gasteiger partial charge on any atom is -0.467 e. The zero-order valence-corrected chi connectivity index (χ0v) is 19.5. The number of carbonyl (C=O) groups excluding carboxylic acids is 2. The fraction of sp³-hybridized carbons (Fsp3) is 0.346. The van der Waals surface area contributed by atoms with Crippen LogP contribution in [0.2, 0.25) is 0 Å². The zero-order chi connectivity index (χ0) is 23.5. The van der Waals surface area contributed by atoms with Crippen LogP contribution in [0.4, 0.5) is 4.79 Å². The van der Waals surface area contributed by atoms with Gasteiger partial charge in [0, 0.05) is 17.4 Å². The number of nitrogens with one attached hydrogen (secondary N) is 1. The van der Waals surface area contributed by atoms with Gasteiger partial charge in [-0.15, -0.1) is 0 Å². The summed E-state index contributed by atoms with van der Waals surface area (Å²) >= 11 is 0. The van der Waals surface area contributed by atoms with E-state index in [1.165, 1.54) is 18.2 Å². The lowest BCUT2D eigenvalue weighted by atomic mass is 9.98. The summed E-state index contributed by atoms with van der Waals surface area (Å²) in [5, 5.41) is 3.57. The van der Waals surface area contributed by atoms with Gasteiger partial charge in [0.15, 0.2) is 0 Å². The van der Waals surface area contributed by atoms with E-state index in [1.807, 2.05) is 36.4 Å². The highest BCUT2D eigenvalue weighted by Crippen LogP contribution is 2.27. The molecule has 0 aliphatic heterocycles. The van der Waals surface area contributed by atoms with E-state index >= 15 is 0 Å². The molecule has 0 aliphatic rings. The number of amides is 1. The Balaban J connectivity index is 1.85. The Labute approximate surface area is 189 Å². The van der Waals surface area contributed by atoms with Crippen LogP contribution < -0.4 is 5.32 Å². The lowest BCUT2D eigenvalue weighted by molar-refractivity contribution is -0.143. The highest BCUT2D eigenvalue weighted by Gasteiger charge is 2.25. The second kappa shape index (κ2) is 9.39. The monoisotopic (exact) mass is 434 g/mol. The maximum Gasteiger partial charge on any atom is 0.408 e. The van der Waals surface area contributed by atoms with Crippen molar-refractivity contribution in [2.45, 2.75) is 52.7 Å². The van der Waals surface area contributed by atoms with Crippen molar-refractivity contribution in [1.82, 2.24) is 10.3 Å². The molecule has 0 bridgehead atoms. The number of methoxy groups -OCH3 is 1. The van der Waals surface area contributed by atoms with E-state index in [0.29, 0.717) is 0 Å². The Bertz CT molecular complexity index is 1130.